The summed E-state index contributed by atoms with van der Waals surface area (Å²) in [5.74, 6) is 0.327. The average molecular weight is 529 g/mol. The highest BCUT2D eigenvalue weighted by atomic mass is 127. The number of nitrogens with one attached hydrogen (secondary N) is 1. The predicted molar refractivity (Wildman–Crippen MR) is 113 cm³/mol. The lowest BCUT2D eigenvalue weighted by molar-refractivity contribution is -0.272. The maximum atomic E-state index is 13.4. The molecule has 8 nitrogen and oxygen atoms in total. The van der Waals surface area contributed by atoms with Gasteiger partial charge in [-0.25, -0.2) is 4.98 Å². The molecule has 1 atom stereocenters. The third-order valence-electron chi connectivity index (χ3n) is 4.07. The van der Waals surface area contributed by atoms with E-state index in [-0.39, 0.29) is 36.5 Å². The number of ether oxygens (including phenoxy) is 2. The number of aromatic nitrogens is 2. The van der Waals surface area contributed by atoms with Gasteiger partial charge in [-0.1, -0.05) is 0 Å². The standard InChI is InChI=1S/C17H22F3N5O3.HI/c1-25-9-8-22-14(25)16(26,17(18,19)20)6-7-23-15(21)24-11-4-5-12(27-2)13(10-11)28-3;/h4-5,8-10,26H,6-7H2,1-3H3,(H3,21,23,24);1H. The van der Waals surface area contributed by atoms with Gasteiger partial charge in [-0.05, 0) is 12.1 Å². The first-order valence-electron chi connectivity index (χ1n) is 8.18. The van der Waals surface area contributed by atoms with Crippen LogP contribution in [0.2, 0.25) is 0 Å². The molecular formula is C17H23F3IN5O3. The number of anilines is 1. The molecule has 162 valence electrons. The minimum Gasteiger partial charge on any atom is -0.493 e. The van der Waals surface area contributed by atoms with Crippen molar-refractivity contribution in [2.24, 2.45) is 17.8 Å². The van der Waals surface area contributed by atoms with E-state index in [1.165, 1.54) is 33.7 Å². The number of rotatable bonds is 7. The van der Waals surface area contributed by atoms with Crippen LogP contribution in [0.25, 0.3) is 0 Å². The minimum absolute atomic E-state index is 0. The van der Waals surface area contributed by atoms with E-state index in [2.05, 4.69) is 15.3 Å². The first-order valence-corrected chi connectivity index (χ1v) is 8.18. The summed E-state index contributed by atoms with van der Waals surface area (Å²) < 4.78 is 51.7. The van der Waals surface area contributed by atoms with E-state index >= 15 is 0 Å². The Morgan fingerprint density at radius 1 is 1.28 bits per heavy atom. The fraction of sp³-hybridized carbons (Fsp3) is 0.412. The van der Waals surface area contributed by atoms with Gasteiger partial charge in [0.1, 0.15) is 5.82 Å². The first-order chi connectivity index (χ1) is 13.1. The second-order valence-electron chi connectivity index (χ2n) is 5.93. The van der Waals surface area contributed by atoms with Gasteiger partial charge in [0.25, 0.3) is 0 Å². The molecule has 0 radical (unpaired) electrons. The van der Waals surface area contributed by atoms with Crippen LogP contribution in [0.4, 0.5) is 18.9 Å². The van der Waals surface area contributed by atoms with Crippen molar-refractivity contribution < 1.29 is 27.8 Å². The number of imidazole rings is 1. The molecule has 1 aromatic carbocycles. The number of benzene rings is 1. The highest BCUT2D eigenvalue weighted by Crippen LogP contribution is 2.40. The van der Waals surface area contributed by atoms with Crippen molar-refractivity contribution in [1.82, 2.24) is 9.55 Å². The number of alkyl halides is 3. The molecule has 0 saturated heterocycles. The molecule has 2 aromatic rings. The van der Waals surface area contributed by atoms with E-state index in [1.807, 2.05) is 0 Å². The molecule has 0 aliphatic rings. The molecule has 0 saturated carbocycles. The maximum Gasteiger partial charge on any atom is 0.424 e. The zero-order valence-corrected chi connectivity index (χ0v) is 18.4. The fourth-order valence-corrected chi connectivity index (χ4v) is 2.58. The summed E-state index contributed by atoms with van der Waals surface area (Å²) in [7, 11) is 4.33. The van der Waals surface area contributed by atoms with Gasteiger partial charge in [-0.15, -0.1) is 24.0 Å². The molecule has 4 N–H and O–H groups in total. The van der Waals surface area contributed by atoms with Gasteiger partial charge in [-0.2, -0.15) is 13.2 Å². The first kappa shape index (κ1) is 24.8. The monoisotopic (exact) mass is 529 g/mol. The number of aliphatic imine (C=N–C) groups is 1. The molecule has 0 spiro atoms. The summed E-state index contributed by atoms with van der Waals surface area (Å²) in [6.45, 7) is -0.380. The number of hydrogen-bond acceptors (Lipinski definition) is 5. The lowest BCUT2D eigenvalue weighted by atomic mass is 9.98. The number of aryl methyl sites for hydroxylation is 1. The SMILES string of the molecule is COc1ccc(NC(N)=NCCC(O)(c2nccn2C)C(F)(F)F)cc1OC.I. The van der Waals surface area contributed by atoms with Crippen molar-refractivity contribution in [3.63, 3.8) is 0 Å². The number of methoxy groups -OCH3 is 2. The maximum absolute atomic E-state index is 13.4. The Morgan fingerprint density at radius 2 is 1.93 bits per heavy atom. The third-order valence-corrected chi connectivity index (χ3v) is 4.07. The van der Waals surface area contributed by atoms with Gasteiger partial charge in [0.2, 0.25) is 5.60 Å². The molecule has 0 aliphatic heterocycles. The van der Waals surface area contributed by atoms with Crippen molar-refractivity contribution in [3.05, 3.63) is 36.4 Å². The van der Waals surface area contributed by atoms with E-state index in [9.17, 15) is 18.3 Å². The molecule has 0 fully saturated rings. The lowest BCUT2D eigenvalue weighted by Gasteiger charge is -2.29. The van der Waals surface area contributed by atoms with E-state index in [1.54, 1.807) is 18.2 Å². The zero-order valence-electron chi connectivity index (χ0n) is 16.0. The van der Waals surface area contributed by atoms with Crippen LogP contribution >= 0.6 is 24.0 Å². The fourth-order valence-electron chi connectivity index (χ4n) is 2.58. The Bertz CT molecular complexity index is 844. The number of halogens is 4. The number of aliphatic hydroxyl groups is 1. The van der Waals surface area contributed by atoms with Gasteiger partial charge < -0.3 is 30.2 Å². The highest BCUT2D eigenvalue weighted by Gasteiger charge is 2.57. The van der Waals surface area contributed by atoms with Crippen LogP contribution in [0.5, 0.6) is 11.5 Å². The van der Waals surface area contributed by atoms with Crippen LogP contribution in [-0.2, 0) is 12.6 Å². The molecule has 1 heterocycles. The molecule has 0 amide bonds. The molecule has 0 aliphatic carbocycles. The van der Waals surface area contributed by atoms with Crippen LogP contribution < -0.4 is 20.5 Å². The Morgan fingerprint density at radius 3 is 2.45 bits per heavy atom. The molecule has 29 heavy (non-hydrogen) atoms. The number of nitrogens with zero attached hydrogens (tertiary/aromatic N) is 3. The molecule has 12 heteroatoms. The van der Waals surface area contributed by atoms with E-state index < -0.39 is 24.0 Å². The Balaban J connectivity index is 0.00000420. The van der Waals surface area contributed by atoms with Crippen LogP contribution in [0.3, 0.4) is 0 Å². The zero-order chi connectivity index (χ0) is 20.9. The average Bonchev–Trinajstić information content (AvgIpc) is 3.06. The van der Waals surface area contributed by atoms with E-state index in [0.29, 0.717) is 17.2 Å². The molecule has 0 bridgehead atoms. The van der Waals surface area contributed by atoms with E-state index in [4.69, 9.17) is 15.2 Å². The van der Waals surface area contributed by atoms with Crippen LogP contribution in [-0.4, -0.2) is 47.6 Å². The summed E-state index contributed by atoms with van der Waals surface area (Å²) in [5.41, 5.74) is 3.11. The van der Waals surface area contributed by atoms with Gasteiger partial charge in [0, 0.05) is 44.2 Å². The topological polar surface area (TPSA) is 107 Å². The quantitative estimate of drug-likeness (QED) is 0.290. The summed E-state index contributed by atoms with van der Waals surface area (Å²) in [5, 5.41) is 13.0. The largest absolute Gasteiger partial charge is 0.493 e. The van der Waals surface area contributed by atoms with Crippen molar-refractivity contribution in [1.29, 1.82) is 0 Å². The summed E-state index contributed by atoms with van der Waals surface area (Å²) in [6, 6.07) is 4.88. The van der Waals surface area contributed by atoms with Crippen LogP contribution in [0.1, 0.15) is 12.2 Å². The van der Waals surface area contributed by atoms with Crippen molar-refractivity contribution in [2.75, 3.05) is 26.1 Å². The van der Waals surface area contributed by atoms with Gasteiger partial charge >= 0.3 is 6.18 Å². The van der Waals surface area contributed by atoms with Gasteiger partial charge in [0.05, 0.1) is 14.2 Å². The third kappa shape index (κ3) is 5.65. The van der Waals surface area contributed by atoms with Crippen LogP contribution in [0.15, 0.2) is 35.6 Å². The Hall–Kier alpha value is -2.22. The molecular weight excluding hydrogens is 506 g/mol. The normalized spacial score (nSPS) is 14.0. The van der Waals surface area contributed by atoms with Crippen LogP contribution in [0, 0.1) is 0 Å². The molecule has 2 rings (SSSR count). The smallest absolute Gasteiger partial charge is 0.424 e. The summed E-state index contributed by atoms with van der Waals surface area (Å²) >= 11 is 0. The van der Waals surface area contributed by atoms with Crippen molar-refractivity contribution >= 4 is 35.6 Å². The Kier molecular flexibility index (Phi) is 8.56. The highest BCUT2D eigenvalue weighted by molar-refractivity contribution is 14.0. The van der Waals surface area contributed by atoms with Crippen molar-refractivity contribution in [2.45, 2.75) is 18.2 Å². The number of hydrogen-bond donors (Lipinski definition) is 3. The molecule has 1 aromatic heterocycles. The summed E-state index contributed by atoms with van der Waals surface area (Å²) in [4.78, 5) is 7.50. The molecule has 1 unspecified atom stereocenters. The minimum atomic E-state index is -4.92. The Labute approximate surface area is 182 Å². The van der Waals surface area contributed by atoms with Gasteiger partial charge in [-0.3, -0.25) is 4.99 Å². The summed E-state index contributed by atoms with van der Waals surface area (Å²) in [6.07, 6.45) is -3.16. The second kappa shape index (κ2) is 10.0. The van der Waals surface area contributed by atoms with Gasteiger partial charge in [0.15, 0.2) is 17.5 Å². The second-order valence-corrected chi connectivity index (χ2v) is 5.93. The lowest BCUT2D eigenvalue weighted by Crippen LogP contribution is -2.45. The van der Waals surface area contributed by atoms with E-state index in [0.717, 1.165) is 4.57 Å². The number of nitrogens with two attached hydrogens (primary N) is 1. The predicted octanol–water partition coefficient (Wildman–Crippen LogP) is 2.62. The number of guanidine groups is 1. The van der Waals surface area contributed by atoms with Crippen molar-refractivity contribution in [3.8, 4) is 11.5 Å².